The van der Waals surface area contributed by atoms with Gasteiger partial charge < -0.3 is 20.3 Å². The maximum Gasteiger partial charge on any atom is 0.258 e. The van der Waals surface area contributed by atoms with Crippen LogP contribution in [-0.2, 0) is 9.59 Å². The lowest BCUT2D eigenvalue weighted by atomic mass is 9.92. The number of amides is 2. The molecule has 1 fully saturated rings. The Morgan fingerprint density at radius 1 is 1.25 bits per heavy atom. The molecule has 170 valence electrons. The third-order valence-electron chi connectivity index (χ3n) is 6.07. The fourth-order valence-corrected chi connectivity index (χ4v) is 4.49. The molecule has 9 nitrogen and oxygen atoms in total. The average molecular weight is 440 g/mol. The molecule has 2 atom stereocenters. The molecule has 0 bridgehead atoms. The molecular formula is C23H29N5O4. The van der Waals surface area contributed by atoms with Gasteiger partial charge in [0.2, 0.25) is 17.8 Å². The van der Waals surface area contributed by atoms with Gasteiger partial charge in [-0.1, -0.05) is 19.1 Å². The van der Waals surface area contributed by atoms with Crippen LogP contribution >= 0.6 is 0 Å². The molecule has 2 amide bonds. The van der Waals surface area contributed by atoms with E-state index in [2.05, 4.69) is 32.4 Å². The summed E-state index contributed by atoms with van der Waals surface area (Å²) in [4.78, 5) is 48.2. The largest absolute Gasteiger partial charge is 0.492 e. The van der Waals surface area contributed by atoms with E-state index in [0.29, 0.717) is 30.0 Å². The van der Waals surface area contributed by atoms with Gasteiger partial charge in [0.1, 0.15) is 11.6 Å². The number of rotatable bonds is 6. The van der Waals surface area contributed by atoms with Gasteiger partial charge in [0.15, 0.2) is 0 Å². The second-order valence-corrected chi connectivity index (χ2v) is 8.13. The summed E-state index contributed by atoms with van der Waals surface area (Å²) in [5.74, 6) is -0.589. The predicted octanol–water partition coefficient (Wildman–Crippen LogP) is 3.00. The van der Waals surface area contributed by atoms with Gasteiger partial charge in [-0.15, -0.1) is 0 Å². The van der Waals surface area contributed by atoms with Crippen LogP contribution < -0.4 is 25.8 Å². The van der Waals surface area contributed by atoms with E-state index in [9.17, 15) is 14.4 Å². The van der Waals surface area contributed by atoms with Crippen molar-refractivity contribution >= 4 is 29.3 Å². The zero-order valence-electron chi connectivity index (χ0n) is 18.4. The number of hydrogen-bond acceptors (Lipinski definition) is 6. The molecular weight excluding hydrogens is 410 g/mol. The second-order valence-electron chi connectivity index (χ2n) is 8.13. The lowest BCUT2D eigenvalue weighted by Gasteiger charge is -2.36. The number of aromatic nitrogens is 2. The number of benzene rings is 1. The molecule has 2 aromatic rings. The van der Waals surface area contributed by atoms with Crippen molar-refractivity contribution in [1.29, 1.82) is 0 Å². The van der Waals surface area contributed by atoms with Gasteiger partial charge in [-0.25, -0.2) is 0 Å². The Bertz CT molecular complexity index is 1070. The number of carbonyl (C=O) groups is 2. The van der Waals surface area contributed by atoms with E-state index in [1.807, 2.05) is 13.0 Å². The molecule has 2 aliphatic heterocycles. The fourth-order valence-electron chi connectivity index (χ4n) is 4.49. The average Bonchev–Trinajstić information content (AvgIpc) is 2.79. The molecule has 9 heteroatoms. The number of fused-ring (bicyclic) bond motifs is 1. The third kappa shape index (κ3) is 4.32. The van der Waals surface area contributed by atoms with E-state index >= 15 is 0 Å². The molecule has 1 saturated heterocycles. The molecule has 2 aliphatic rings. The number of piperidine rings is 1. The monoisotopic (exact) mass is 439 g/mol. The number of anilines is 3. The molecule has 4 rings (SSSR count). The van der Waals surface area contributed by atoms with Crippen molar-refractivity contribution in [3.63, 3.8) is 0 Å². The Kier molecular flexibility index (Phi) is 6.43. The SMILES string of the molecule is CCOc1ccccc1NC(=O)[C@@H]1CC(=O)Nc2nc(N3CCCC[C@H]3CC)[nH]c(=O)c21. The summed E-state index contributed by atoms with van der Waals surface area (Å²) in [6.45, 7) is 5.21. The van der Waals surface area contributed by atoms with E-state index in [1.165, 1.54) is 0 Å². The number of nitrogens with zero attached hydrogens (tertiary/aromatic N) is 2. The van der Waals surface area contributed by atoms with Crippen LogP contribution in [0.2, 0.25) is 0 Å². The second kappa shape index (κ2) is 9.42. The van der Waals surface area contributed by atoms with E-state index in [-0.39, 0.29) is 23.7 Å². The first kappa shape index (κ1) is 21.9. The normalized spacial score (nSPS) is 20.3. The van der Waals surface area contributed by atoms with E-state index in [0.717, 1.165) is 32.2 Å². The maximum absolute atomic E-state index is 13.1. The van der Waals surface area contributed by atoms with E-state index in [4.69, 9.17) is 4.74 Å². The summed E-state index contributed by atoms with van der Waals surface area (Å²) in [5, 5.41) is 5.51. The van der Waals surface area contributed by atoms with Gasteiger partial charge in [0, 0.05) is 19.0 Å². The van der Waals surface area contributed by atoms with Crippen LogP contribution in [0.4, 0.5) is 17.5 Å². The van der Waals surface area contributed by atoms with Gasteiger partial charge >= 0.3 is 0 Å². The first-order chi connectivity index (χ1) is 15.5. The molecule has 0 radical (unpaired) electrons. The van der Waals surface area contributed by atoms with Crippen molar-refractivity contribution in [1.82, 2.24) is 9.97 Å². The Morgan fingerprint density at radius 2 is 2.06 bits per heavy atom. The molecule has 3 heterocycles. The standard InChI is InChI=1S/C23H29N5O4/c1-3-14-9-7-8-12-28(14)23-26-20-19(22(31)27-23)15(13-18(29)25-20)21(30)24-16-10-5-6-11-17(16)32-4-2/h5-6,10-11,14-15H,3-4,7-9,12-13H2,1-2H3,(H,24,30)(H2,25,26,27,29,31)/t14-,15-/m1/s1. The first-order valence-corrected chi connectivity index (χ1v) is 11.2. The van der Waals surface area contributed by atoms with Crippen LogP contribution in [0.1, 0.15) is 57.4 Å². The lowest BCUT2D eigenvalue weighted by Crippen LogP contribution is -2.43. The minimum atomic E-state index is -0.943. The molecule has 0 aliphatic carbocycles. The van der Waals surface area contributed by atoms with Crippen LogP contribution in [0, 0.1) is 0 Å². The van der Waals surface area contributed by atoms with Gasteiger partial charge in [-0.05, 0) is 44.7 Å². The number of hydrogen-bond donors (Lipinski definition) is 3. The van der Waals surface area contributed by atoms with Crippen molar-refractivity contribution in [3.8, 4) is 5.75 Å². The first-order valence-electron chi connectivity index (χ1n) is 11.2. The summed E-state index contributed by atoms with van der Waals surface area (Å²) in [5.41, 5.74) is 0.278. The van der Waals surface area contributed by atoms with Crippen molar-refractivity contribution in [2.75, 3.05) is 28.7 Å². The van der Waals surface area contributed by atoms with Crippen molar-refractivity contribution in [3.05, 3.63) is 40.2 Å². The zero-order chi connectivity index (χ0) is 22.7. The Morgan fingerprint density at radius 3 is 2.84 bits per heavy atom. The van der Waals surface area contributed by atoms with E-state index < -0.39 is 17.4 Å². The zero-order valence-corrected chi connectivity index (χ0v) is 18.4. The maximum atomic E-state index is 13.1. The summed E-state index contributed by atoms with van der Waals surface area (Å²) < 4.78 is 5.56. The molecule has 0 spiro atoms. The van der Waals surface area contributed by atoms with Gasteiger partial charge in [0.05, 0.1) is 23.8 Å². The number of aromatic amines is 1. The topological polar surface area (TPSA) is 116 Å². The molecule has 3 N–H and O–H groups in total. The summed E-state index contributed by atoms with van der Waals surface area (Å²) in [7, 11) is 0. The van der Waals surface area contributed by atoms with Crippen molar-refractivity contribution < 1.29 is 14.3 Å². The number of carbonyl (C=O) groups excluding carboxylic acids is 2. The molecule has 0 unspecified atom stereocenters. The van der Waals surface area contributed by atoms with Crippen LogP contribution in [0.15, 0.2) is 29.1 Å². The Balaban J connectivity index is 1.65. The number of para-hydroxylation sites is 2. The minimum Gasteiger partial charge on any atom is -0.492 e. The molecule has 32 heavy (non-hydrogen) atoms. The van der Waals surface area contributed by atoms with Crippen LogP contribution in [0.3, 0.4) is 0 Å². The van der Waals surface area contributed by atoms with Crippen LogP contribution in [0.5, 0.6) is 5.75 Å². The third-order valence-corrected chi connectivity index (χ3v) is 6.07. The summed E-state index contributed by atoms with van der Waals surface area (Å²) in [6, 6.07) is 7.36. The highest BCUT2D eigenvalue weighted by Gasteiger charge is 2.36. The van der Waals surface area contributed by atoms with Gasteiger partial charge in [-0.2, -0.15) is 4.98 Å². The number of ether oxygens (including phenoxy) is 1. The Hall–Kier alpha value is -3.36. The number of H-pyrrole nitrogens is 1. The highest BCUT2D eigenvalue weighted by Crippen LogP contribution is 2.33. The van der Waals surface area contributed by atoms with Gasteiger partial charge in [-0.3, -0.25) is 19.4 Å². The van der Waals surface area contributed by atoms with Crippen molar-refractivity contribution in [2.45, 2.75) is 57.9 Å². The van der Waals surface area contributed by atoms with Crippen LogP contribution in [-0.4, -0.2) is 41.0 Å². The molecule has 1 aromatic heterocycles. The van der Waals surface area contributed by atoms with Gasteiger partial charge in [0.25, 0.3) is 5.56 Å². The fraction of sp³-hybridized carbons (Fsp3) is 0.478. The molecule has 0 saturated carbocycles. The predicted molar refractivity (Wildman–Crippen MR) is 122 cm³/mol. The molecule has 1 aromatic carbocycles. The summed E-state index contributed by atoms with van der Waals surface area (Å²) in [6.07, 6.45) is 4.02. The highest BCUT2D eigenvalue weighted by atomic mass is 16.5. The highest BCUT2D eigenvalue weighted by molar-refractivity contribution is 6.05. The quantitative estimate of drug-likeness (QED) is 0.637. The van der Waals surface area contributed by atoms with Crippen LogP contribution in [0.25, 0.3) is 0 Å². The lowest BCUT2D eigenvalue weighted by molar-refractivity contribution is -0.123. The summed E-state index contributed by atoms with van der Waals surface area (Å²) >= 11 is 0. The number of nitrogens with one attached hydrogen (secondary N) is 3. The van der Waals surface area contributed by atoms with Crippen molar-refractivity contribution in [2.24, 2.45) is 0 Å². The van der Waals surface area contributed by atoms with E-state index in [1.54, 1.807) is 18.2 Å². The Labute approximate surface area is 186 Å². The smallest absolute Gasteiger partial charge is 0.258 e. The minimum absolute atomic E-state index is 0.124.